The van der Waals surface area contributed by atoms with Gasteiger partial charge in [0, 0.05) is 11.3 Å². The van der Waals surface area contributed by atoms with E-state index in [1.54, 1.807) is 42.5 Å². The number of hydrogen-bond donors (Lipinski definition) is 1. The number of hydrogen-bond acceptors (Lipinski definition) is 5. The van der Waals surface area contributed by atoms with Crippen molar-refractivity contribution in [2.45, 2.75) is 33.7 Å². The number of benzene rings is 3. The molecule has 1 heterocycles. The number of anilines is 1. The van der Waals surface area contributed by atoms with Crippen molar-refractivity contribution in [2.24, 2.45) is 0 Å². The fraction of sp³-hybridized carbons (Fsp3) is 0.241. The molecule has 1 atom stereocenters. The predicted octanol–water partition coefficient (Wildman–Crippen LogP) is 5.73. The van der Waals surface area contributed by atoms with E-state index in [1.807, 2.05) is 52.0 Å². The number of aryl methyl sites for hydroxylation is 2. The van der Waals surface area contributed by atoms with E-state index in [9.17, 15) is 14.7 Å². The molecule has 0 aliphatic carbocycles. The second kappa shape index (κ2) is 10.1. The van der Waals surface area contributed by atoms with Crippen molar-refractivity contribution in [2.75, 3.05) is 18.1 Å². The van der Waals surface area contributed by atoms with E-state index in [1.165, 1.54) is 4.90 Å². The highest BCUT2D eigenvalue weighted by Crippen LogP contribution is 2.43. The minimum absolute atomic E-state index is 0.0521. The summed E-state index contributed by atoms with van der Waals surface area (Å²) in [5.41, 5.74) is 3.82. The Bertz CT molecular complexity index is 1280. The molecule has 1 amide bonds. The zero-order valence-electron chi connectivity index (χ0n) is 20.4. The van der Waals surface area contributed by atoms with Crippen LogP contribution in [0, 0.1) is 13.8 Å². The van der Waals surface area contributed by atoms with Gasteiger partial charge in [-0.3, -0.25) is 14.5 Å². The molecule has 3 aromatic carbocycles. The normalized spacial score (nSPS) is 17.0. The van der Waals surface area contributed by atoms with Crippen LogP contribution >= 0.6 is 0 Å². The molecule has 6 nitrogen and oxygen atoms in total. The minimum atomic E-state index is -0.801. The van der Waals surface area contributed by atoms with Gasteiger partial charge in [0.1, 0.15) is 17.3 Å². The van der Waals surface area contributed by atoms with Crippen molar-refractivity contribution in [1.29, 1.82) is 0 Å². The number of Topliss-reactive ketones (excluding diaryl/α,β-unsaturated/α-hetero) is 1. The molecule has 0 saturated carbocycles. The molecular weight excluding hydrogens is 442 g/mol. The average molecular weight is 472 g/mol. The third-order valence-corrected chi connectivity index (χ3v) is 6.16. The number of ether oxygens (including phenoxy) is 2. The largest absolute Gasteiger partial charge is 0.507 e. The molecule has 4 rings (SSSR count). The molecule has 35 heavy (non-hydrogen) atoms. The van der Waals surface area contributed by atoms with Crippen LogP contribution < -0.4 is 14.4 Å². The lowest BCUT2D eigenvalue weighted by molar-refractivity contribution is -0.132. The van der Waals surface area contributed by atoms with Gasteiger partial charge in [-0.05, 0) is 86.8 Å². The highest BCUT2D eigenvalue weighted by Gasteiger charge is 2.47. The summed E-state index contributed by atoms with van der Waals surface area (Å²) in [7, 11) is 0. The highest BCUT2D eigenvalue weighted by atomic mass is 16.5. The van der Waals surface area contributed by atoms with Crippen molar-refractivity contribution < 1.29 is 24.2 Å². The van der Waals surface area contributed by atoms with E-state index in [4.69, 9.17) is 9.47 Å². The standard InChI is InChI=1S/C29H29NO5/c1-5-34-23-13-9-20(10-14-23)26-25(27(31)21-8-7-18(3)19(4)17-21)28(32)29(33)30(26)22-11-15-24(16-12-22)35-6-2/h7-17,26,31H,5-6H2,1-4H3/b27-25-. The zero-order valence-corrected chi connectivity index (χ0v) is 20.4. The highest BCUT2D eigenvalue weighted by molar-refractivity contribution is 6.51. The number of rotatable bonds is 7. The topological polar surface area (TPSA) is 76.1 Å². The van der Waals surface area contributed by atoms with Crippen LogP contribution in [0.15, 0.2) is 72.3 Å². The third kappa shape index (κ3) is 4.64. The second-order valence-corrected chi connectivity index (χ2v) is 8.40. The summed E-state index contributed by atoms with van der Waals surface area (Å²) in [6, 6.07) is 18.9. The Morgan fingerprint density at radius 2 is 1.40 bits per heavy atom. The molecule has 3 aromatic rings. The minimum Gasteiger partial charge on any atom is -0.507 e. The van der Waals surface area contributed by atoms with Crippen molar-refractivity contribution >= 4 is 23.1 Å². The molecule has 1 N–H and O–H groups in total. The van der Waals surface area contributed by atoms with Gasteiger partial charge in [0.2, 0.25) is 0 Å². The first kappa shape index (κ1) is 24.1. The van der Waals surface area contributed by atoms with Crippen LogP contribution in [0.25, 0.3) is 5.76 Å². The molecule has 0 aromatic heterocycles. The maximum atomic E-state index is 13.3. The number of ketones is 1. The molecule has 180 valence electrons. The summed E-state index contributed by atoms with van der Waals surface area (Å²) in [6.07, 6.45) is 0. The van der Waals surface area contributed by atoms with E-state index in [-0.39, 0.29) is 11.3 Å². The number of aliphatic hydroxyl groups excluding tert-OH is 1. The molecule has 0 bridgehead atoms. The first-order valence-electron chi connectivity index (χ1n) is 11.7. The van der Waals surface area contributed by atoms with Crippen LogP contribution in [0.2, 0.25) is 0 Å². The van der Waals surface area contributed by atoms with E-state index >= 15 is 0 Å². The third-order valence-electron chi connectivity index (χ3n) is 6.16. The van der Waals surface area contributed by atoms with Crippen molar-refractivity contribution in [3.05, 3.63) is 94.6 Å². The molecule has 1 fully saturated rings. The van der Waals surface area contributed by atoms with Gasteiger partial charge >= 0.3 is 0 Å². The quantitative estimate of drug-likeness (QED) is 0.271. The lowest BCUT2D eigenvalue weighted by atomic mass is 9.94. The molecule has 1 saturated heterocycles. The summed E-state index contributed by atoms with van der Waals surface area (Å²) < 4.78 is 11.1. The Labute approximate surface area is 205 Å². The molecule has 1 aliphatic heterocycles. The van der Waals surface area contributed by atoms with E-state index in [0.29, 0.717) is 41.5 Å². The number of nitrogens with zero attached hydrogens (tertiary/aromatic N) is 1. The van der Waals surface area contributed by atoms with Crippen LogP contribution in [0.5, 0.6) is 11.5 Å². The second-order valence-electron chi connectivity index (χ2n) is 8.40. The SMILES string of the molecule is CCOc1ccc(C2/C(=C(/O)c3ccc(C)c(C)c3)C(=O)C(=O)N2c2ccc(OCC)cc2)cc1. The number of carbonyl (C=O) groups is 2. The zero-order chi connectivity index (χ0) is 25.1. The van der Waals surface area contributed by atoms with Crippen LogP contribution in [0.3, 0.4) is 0 Å². The summed E-state index contributed by atoms with van der Waals surface area (Å²) in [4.78, 5) is 28.1. The van der Waals surface area contributed by atoms with Gasteiger partial charge in [-0.25, -0.2) is 0 Å². The summed E-state index contributed by atoms with van der Waals surface area (Å²) in [5.74, 6) is -0.269. The lowest BCUT2D eigenvalue weighted by Gasteiger charge is -2.26. The van der Waals surface area contributed by atoms with Crippen LogP contribution in [0.4, 0.5) is 5.69 Å². The van der Waals surface area contributed by atoms with Crippen LogP contribution in [0.1, 0.15) is 42.1 Å². The monoisotopic (exact) mass is 471 g/mol. The van der Waals surface area contributed by atoms with E-state index in [0.717, 1.165) is 11.1 Å². The fourth-order valence-corrected chi connectivity index (χ4v) is 4.24. The smallest absolute Gasteiger partial charge is 0.300 e. The van der Waals surface area contributed by atoms with Gasteiger partial charge in [-0.15, -0.1) is 0 Å². The van der Waals surface area contributed by atoms with Crippen molar-refractivity contribution in [3.63, 3.8) is 0 Å². The van der Waals surface area contributed by atoms with Gasteiger partial charge in [0.15, 0.2) is 0 Å². The van der Waals surface area contributed by atoms with Crippen LogP contribution in [-0.4, -0.2) is 30.0 Å². The van der Waals surface area contributed by atoms with Crippen molar-refractivity contribution in [1.82, 2.24) is 0 Å². The average Bonchev–Trinajstić information content (AvgIpc) is 3.12. The number of amides is 1. The summed E-state index contributed by atoms with van der Waals surface area (Å²) in [5, 5.41) is 11.3. The molecule has 1 unspecified atom stereocenters. The van der Waals surface area contributed by atoms with Crippen molar-refractivity contribution in [3.8, 4) is 11.5 Å². The maximum absolute atomic E-state index is 13.3. The molecule has 0 radical (unpaired) electrons. The van der Waals surface area contributed by atoms with Gasteiger partial charge in [0.05, 0.1) is 24.8 Å². The maximum Gasteiger partial charge on any atom is 0.300 e. The molecule has 0 spiro atoms. The Hall–Kier alpha value is -4.06. The van der Waals surface area contributed by atoms with Gasteiger partial charge in [-0.2, -0.15) is 0 Å². The van der Waals surface area contributed by atoms with Gasteiger partial charge < -0.3 is 14.6 Å². The first-order chi connectivity index (χ1) is 16.8. The Morgan fingerprint density at radius 3 is 1.94 bits per heavy atom. The Balaban J connectivity index is 1.87. The molecular formula is C29H29NO5. The van der Waals surface area contributed by atoms with Gasteiger partial charge in [0.25, 0.3) is 11.7 Å². The number of aliphatic hydroxyl groups is 1. The summed E-state index contributed by atoms with van der Waals surface area (Å²) in [6.45, 7) is 8.75. The van der Waals surface area contributed by atoms with Crippen LogP contribution in [-0.2, 0) is 9.59 Å². The molecule has 1 aliphatic rings. The summed E-state index contributed by atoms with van der Waals surface area (Å²) >= 11 is 0. The predicted molar refractivity (Wildman–Crippen MR) is 136 cm³/mol. The fourth-order valence-electron chi connectivity index (χ4n) is 4.24. The lowest BCUT2D eigenvalue weighted by Crippen LogP contribution is -2.29. The number of carbonyl (C=O) groups excluding carboxylic acids is 2. The Kier molecular flexibility index (Phi) is 6.92. The first-order valence-corrected chi connectivity index (χ1v) is 11.7. The van der Waals surface area contributed by atoms with E-state index in [2.05, 4.69) is 0 Å². The Morgan fingerprint density at radius 1 is 0.829 bits per heavy atom. The van der Waals surface area contributed by atoms with Gasteiger partial charge in [-0.1, -0.05) is 24.3 Å². The molecule has 6 heteroatoms. The van der Waals surface area contributed by atoms with E-state index < -0.39 is 17.7 Å².